The third-order valence-electron chi connectivity index (χ3n) is 10.7. The van der Waals surface area contributed by atoms with E-state index in [2.05, 4.69) is 5.32 Å². The highest BCUT2D eigenvalue weighted by Crippen LogP contribution is 2.32. The molecular formula is C43H51N2O14. The van der Waals surface area contributed by atoms with E-state index in [4.69, 9.17) is 34.2 Å². The van der Waals surface area contributed by atoms with E-state index >= 15 is 0 Å². The van der Waals surface area contributed by atoms with Gasteiger partial charge >= 0.3 is 0 Å². The van der Waals surface area contributed by atoms with Gasteiger partial charge in [0.15, 0.2) is 6.29 Å². The van der Waals surface area contributed by atoms with Crippen molar-refractivity contribution in [3.63, 3.8) is 0 Å². The molecule has 2 aliphatic rings. The Kier molecular flexibility index (Phi) is 15.0. The SMILES string of the molecule is COc1ccc2cc(COC3C(OC4C(CO)OC(Oc5ccc(CC([C]=O)NC(=O)C(N)C(C)c6ccccc6)cc5)C(O)C4O)OC(CO)C(O)C3O)ccc2c1. The summed E-state index contributed by atoms with van der Waals surface area (Å²) >= 11 is 0. The average molecular weight is 820 g/mol. The Bertz CT molecular complexity index is 1970. The van der Waals surface area contributed by atoms with Crippen molar-refractivity contribution >= 4 is 23.0 Å². The minimum absolute atomic E-state index is 0.0567. The van der Waals surface area contributed by atoms with Gasteiger partial charge in [0.25, 0.3) is 0 Å². The molecule has 317 valence electrons. The van der Waals surface area contributed by atoms with Crippen molar-refractivity contribution in [1.29, 1.82) is 0 Å². The number of aliphatic hydroxyl groups excluding tert-OH is 6. The molecule has 2 saturated heterocycles. The van der Waals surface area contributed by atoms with Gasteiger partial charge in [-0.15, -0.1) is 0 Å². The molecule has 0 aliphatic carbocycles. The number of hydrogen-bond acceptors (Lipinski definition) is 15. The Morgan fingerprint density at radius 3 is 2.08 bits per heavy atom. The van der Waals surface area contributed by atoms with Crippen LogP contribution in [-0.2, 0) is 41.6 Å². The Labute approximate surface area is 341 Å². The molecule has 6 rings (SSSR count). The molecule has 59 heavy (non-hydrogen) atoms. The van der Waals surface area contributed by atoms with Gasteiger partial charge < -0.3 is 70.1 Å². The van der Waals surface area contributed by atoms with Gasteiger partial charge in [0.1, 0.15) is 60.3 Å². The molecule has 0 aromatic heterocycles. The summed E-state index contributed by atoms with van der Waals surface area (Å²) < 4.78 is 34.8. The second-order valence-corrected chi connectivity index (χ2v) is 14.7. The molecule has 0 bridgehead atoms. The summed E-state index contributed by atoms with van der Waals surface area (Å²) in [6.45, 7) is 0.381. The van der Waals surface area contributed by atoms with Crippen LogP contribution in [0.4, 0.5) is 0 Å². The van der Waals surface area contributed by atoms with Gasteiger partial charge in [0.2, 0.25) is 18.5 Å². The molecule has 2 fully saturated rings. The lowest BCUT2D eigenvalue weighted by Crippen LogP contribution is -2.65. The average Bonchev–Trinajstić information content (AvgIpc) is 3.26. The summed E-state index contributed by atoms with van der Waals surface area (Å²) in [4.78, 5) is 24.7. The van der Waals surface area contributed by atoms with Crippen molar-refractivity contribution < 1.29 is 68.6 Å². The second kappa shape index (κ2) is 20.1. The maximum absolute atomic E-state index is 12.9. The predicted molar refractivity (Wildman–Crippen MR) is 211 cm³/mol. The predicted octanol–water partition coefficient (Wildman–Crippen LogP) is 0.344. The van der Waals surface area contributed by atoms with E-state index in [0.29, 0.717) is 16.9 Å². The summed E-state index contributed by atoms with van der Waals surface area (Å²) in [5.74, 6) is 0.104. The summed E-state index contributed by atoms with van der Waals surface area (Å²) in [6, 6.07) is 24.9. The number of hydrogen-bond donors (Lipinski definition) is 8. The van der Waals surface area contributed by atoms with Crippen LogP contribution in [0, 0.1) is 0 Å². The summed E-state index contributed by atoms with van der Waals surface area (Å²) in [7, 11) is 1.58. The number of aliphatic hydroxyl groups is 6. The highest BCUT2D eigenvalue weighted by atomic mass is 16.7. The number of amides is 1. The lowest BCUT2D eigenvalue weighted by molar-refractivity contribution is -0.357. The van der Waals surface area contributed by atoms with E-state index < -0.39 is 92.6 Å². The number of methoxy groups -OCH3 is 1. The van der Waals surface area contributed by atoms with Crippen LogP contribution in [0.3, 0.4) is 0 Å². The van der Waals surface area contributed by atoms with Crippen molar-refractivity contribution in [2.24, 2.45) is 5.73 Å². The molecule has 9 N–H and O–H groups in total. The maximum atomic E-state index is 12.9. The third kappa shape index (κ3) is 10.4. The van der Waals surface area contributed by atoms with E-state index in [1.54, 1.807) is 19.2 Å². The molecule has 4 aromatic rings. The smallest absolute Gasteiger partial charge is 0.238 e. The van der Waals surface area contributed by atoms with Gasteiger partial charge in [0, 0.05) is 12.3 Å². The highest BCUT2D eigenvalue weighted by molar-refractivity contribution is 5.85. The van der Waals surface area contributed by atoms with Crippen LogP contribution in [0.5, 0.6) is 11.5 Å². The molecule has 2 aliphatic heterocycles. The van der Waals surface area contributed by atoms with Crippen molar-refractivity contribution in [3.05, 3.63) is 108 Å². The monoisotopic (exact) mass is 819 g/mol. The first kappa shape index (κ1) is 44.0. The minimum Gasteiger partial charge on any atom is -0.497 e. The first-order valence-corrected chi connectivity index (χ1v) is 19.3. The van der Waals surface area contributed by atoms with E-state index in [1.807, 2.05) is 79.9 Å². The fraction of sp³-hybridized carbons (Fsp3) is 0.442. The highest BCUT2D eigenvalue weighted by Gasteiger charge is 2.52. The lowest BCUT2D eigenvalue weighted by Gasteiger charge is -2.46. The summed E-state index contributed by atoms with van der Waals surface area (Å²) in [6.07, 6.45) is -13.1. The van der Waals surface area contributed by atoms with E-state index in [0.717, 1.165) is 16.3 Å². The number of fused-ring (bicyclic) bond motifs is 1. The molecule has 16 nitrogen and oxygen atoms in total. The fourth-order valence-corrected chi connectivity index (χ4v) is 7.15. The quantitative estimate of drug-likeness (QED) is 0.0716. The third-order valence-corrected chi connectivity index (χ3v) is 10.7. The largest absolute Gasteiger partial charge is 0.497 e. The Morgan fingerprint density at radius 1 is 0.780 bits per heavy atom. The number of carbonyl (C=O) groups is 1. The van der Waals surface area contributed by atoms with Crippen LogP contribution in [0.2, 0.25) is 0 Å². The fourth-order valence-electron chi connectivity index (χ4n) is 7.15. The second-order valence-electron chi connectivity index (χ2n) is 14.7. The lowest BCUT2D eigenvalue weighted by atomic mass is 9.93. The molecule has 4 aromatic carbocycles. The zero-order chi connectivity index (χ0) is 42.2. The van der Waals surface area contributed by atoms with Gasteiger partial charge in [-0.25, -0.2) is 0 Å². The number of nitrogens with one attached hydrogen (secondary N) is 1. The van der Waals surface area contributed by atoms with Crippen LogP contribution < -0.4 is 20.5 Å². The minimum atomic E-state index is -1.73. The molecule has 2 heterocycles. The number of carbonyl (C=O) groups excluding carboxylic acids is 2. The molecule has 13 unspecified atom stereocenters. The molecule has 1 amide bonds. The van der Waals surface area contributed by atoms with Gasteiger partial charge in [0.05, 0.1) is 39.0 Å². The molecule has 16 heteroatoms. The molecule has 0 spiro atoms. The molecule has 1 radical (unpaired) electrons. The zero-order valence-electron chi connectivity index (χ0n) is 32.5. The van der Waals surface area contributed by atoms with Gasteiger partial charge in [-0.05, 0) is 57.8 Å². The van der Waals surface area contributed by atoms with Crippen LogP contribution in [0.15, 0.2) is 91.0 Å². The van der Waals surface area contributed by atoms with Gasteiger partial charge in [-0.3, -0.25) is 9.59 Å². The molecule has 13 atom stereocenters. The van der Waals surface area contributed by atoms with Crippen molar-refractivity contribution in [2.45, 2.75) is 99.4 Å². The van der Waals surface area contributed by atoms with Crippen LogP contribution in [-0.4, -0.2) is 137 Å². The Balaban J connectivity index is 1.07. The zero-order valence-corrected chi connectivity index (χ0v) is 32.5. The van der Waals surface area contributed by atoms with Crippen LogP contribution in [0.1, 0.15) is 29.5 Å². The Hall–Kier alpha value is -4.56. The summed E-state index contributed by atoms with van der Waals surface area (Å²) in [5.41, 5.74) is 8.44. The van der Waals surface area contributed by atoms with E-state index in [-0.39, 0.29) is 24.7 Å². The molecular weight excluding hydrogens is 768 g/mol. The normalized spacial score (nSPS) is 28.6. The number of rotatable bonds is 17. The van der Waals surface area contributed by atoms with Crippen molar-refractivity contribution in [2.75, 3.05) is 20.3 Å². The first-order chi connectivity index (χ1) is 28.4. The Morgan fingerprint density at radius 2 is 1.41 bits per heavy atom. The standard InChI is InChI=1S/C43H51N2O14/c1-23(26-6-4-3-5-7-26)34(44)41(53)45-29(19-46)17-24-9-13-30(14-10-24)56-42-38(52)37(51)39(33(21-48)58-42)59-43-40(36(50)35(49)32(20-47)57-43)55-22-25-8-11-28-18-31(54-2)15-12-27(28)16-25/h3-16,18,23,29,32-40,42-43,47-52H,17,20-22,44H2,1-2H3,(H,45,53). The topological polar surface area (TPSA) is 249 Å². The summed E-state index contributed by atoms with van der Waals surface area (Å²) in [5, 5.41) is 68.8. The van der Waals surface area contributed by atoms with Crippen molar-refractivity contribution in [1.82, 2.24) is 5.32 Å². The van der Waals surface area contributed by atoms with Crippen molar-refractivity contribution in [3.8, 4) is 11.5 Å². The van der Waals surface area contributed by atoms with Gasteiger partial charge in [-0.2, -0.15) is 0 Å². The number of nitrogens with two attached hydrogens (primary N) is 1. The number of benzene rings is 4. The van der Waals surface area contributed by atoms with E-state index in [1.165, 1.54) is 12.1 Å². The maximum Gasteiger partial charge on any atom is 0.238 e. The van der Waals surface area contributed by atoms with Crippen LogP contribution in [0.25, 0.3) is 10.8 Å². The van der Waals surface area contributed by atoms with Gasteiger partial charge in [-0.1, -0.05) is 67.6 Å². The number of ether oxygens (including phenoxy) is 6. The molecule has 0 saturated carbocycles. The first-order valence-electron chi connectivity index (χ1n) is 19.3. The van der Waals surface area contributed by atoms with E-state index in [9.17, 15) is 40.2 Å². The van der Waals surface area contributed by atoms with Crippen LogP contribution >= 0.6 is 0 Å².